The van der Waals surface area contributed by atoms with Crippen molar-refractivity contribution in [2.45, 2.75) is 24.2 Å². The Morgan fingerprint density at radius 3 is 2.81 bits per heavy atom. The molecule has 1 aromatic rings. The SMILES string of the molecule is N#CCC1CCC(O)=C1Sc1ccccc1. The minimum Gasteiger partial charge on any atom is -0.511 e. The van der Waals surface area contributed by atoms with Crippen LogP contribution in [0, 0.1) is 17.2 Å². The van der Waals surface area contributed by atoms with E-state index < -0.39 is 0 Å². The van der Waals surface area contributed by atoms with Crippen molar-refractivity contribution in [2.75, 3.05) is 0 Å². The fraction of sp³-hybridized carbons (Fsp3) is 0.308. The third-order valence-electron chi connectivity index (χ3n) is 2.69. The second kappa shape index (κ2) is 5.09. The van der Waals surface area contributed by atoms with Gasteiger partial charge in [0.15, 0.2) is 0 Å². The van der Waals surface area contributed by atoms with Crippen LogP contribution >= 0.6 is 11.8 Å². The van der Waals surface area contributed by atoms with E-state index in [1.807, 2.05) is 30.3 Å². The molecule has 0 amide bonds. The van der Waals surface area contributed by atoms with Gasteiger partial charge < -0.3 is 5.11 Å². The molecule has 0 radical (unpaired) electrons. The molecule has 1 aliphatic carbocycles. The molecule has 82 valence electrons. The van der Waals surface area contributed by atoms with Gasteiger partial charge in [0, 0.05) is 28.6 Å². The lowest BCUT2D eigenvalue weighted by molar-refractivity contribution is 0.395. The second-order valence-electron chi connectivity index (χ2n) is 3.82. The van der Waals surface area contributed by atoms with Crippen LogP contribution in [0.2, 0.25) is 0 Å². The average Bonchev–Trinajstić information content (AvgIpc) is 2.64. The zero-order valence-electron chi connectivity index (χ0n) is 8.89. The summed E-state index contributed by atoms with van der Waals surface area (Å²) >= 11 is 1.59. The minimum atomic E-state index is 0.218. The largest absolute Gasteiger partial charge is 0.511 e. The minimum absolute atomic E-state index is 0.218. The topological polar surface area (TPSA) is 44.0 Å². The van der Waals surface area contributed by atoms with Gasteiger partial charge in [0.05, 0.1) is 6.07 Å². The second-order valence-corrected chi connectivity index (χ2v) is 4.94. The normalized spacial score (nSPS) is 19.8. The number of rotatable bonds is 3. The molecular formula is C13H13NOS. The molecule has 0 spiro atoms. The highest BCUT2D eigenvalue weighted by atomic mass is 32.2. The van der Waals surface area contributed by atoms with Gasteiger partial charge in [-0.15, -0.1) is 0 Å². The number of benzene rings is 1. The average molecular weight is 231 g/mol. The Morgan fingerprint density at radius 1 is 1.38 bits per heavy atom. The van der Waals surface area contributed by atoms with Crippen LogP contribution in [0.15, 0.2) is 45.9 Å². The van der Waals surface area contributed by atoms with Crippen LogP contribution in [0.4, 0.5) is 0 Å². The van der Waals surface area contributed by atoms with Gasteiger partial charge in [-0.05, 0) is 18.6 Å². The van der Waals surface area contributed by atoms with E-state index in [1.165, 1.54) is 0 Å². The van der Waals surface area contributed by atoms with Crippen molar-refractivity contribution in [1.29, 1.82) is 5.26 Å². The van der Waals surface area contributed by atoms with Crippen LogP contribution in [0.1, 0.15) is 19.3 Å². The molecule has 0 aliphatic heterocycles. The van der Waals surface area contributed by atoms with Gasteiger partial charge in [-0.3, -0.25) is 0 Å². The van der Waals surface area contributed by atoms with E-state index in [0.29, 0.717) is 18.6 Å². The molecule has 0 fully saturated rings. The molecule has 0 saturated carbocycles. The maximum atomic E-state index is 9.80. The number of hydrogen-bond acceptors (Lipinski definition) is 3. The Bertz CT molecular complexity index is 433. The van der Waals surface area contributed by atoms with Gasteiger partial charge in [0.2, 0.25) is 0 Å². The predicted molar refractivity (Wildman–Crippen MR) is 64.9 cm³/mol. The van der Waals surface area contributed by atoms with Crippen LogP contribution in [0.3, 0.4) is 0 Å². The molecule has 0 heterocycles. The van der Waals surface area contributed by atoms with Crippen molar-refractivity contribution < 1.29 is 5.11 Å². The summed E-state index contributed by atoms with van der Waals surface area (Å²) in [6, 6.07) is 12.2. The lowest BCUT2D eigenvalue weighted by Gasteiger charge is -2.10. The molecule has 1 N–H and O–H groups in total. The Morgan fingerprint density at radius 2 is 2.12 bits per heavy atom. The van der Waals surface area contributed by atoms with Crippen molar-refractivity contribution >= 4 is 11.8 Å². The van der Waals surface area contributed by atoms with Gasteiger partial charge in [0.25, 0.3) is 0 Å². The standard InChI is InChI=1S/C13H13NOS/c14-9-8-10-6-7-12(15)13(10)16-11-4-2-1-3-5-11/h1-5,10,15H,6-8H2. The van der Waals surface area contributed by atoms with Gasteiger partial charge >= 0.3 is 0 Å². The number of nitrogens with zero attached hydrogens (tertiary/aromatic N) is 1. The first-order chi connectivity index (χ1) is 7.81. The summed E-state index contributed by atoms with van der Waals surface area (Å²) in [6.07, 6.45) is 2.11. The van der Waals surface area contributed by atoms with Crippen LogP contribution in [0.25, 0.3) is 0 Å². The van der Waals surface area contributed by atoms with Gasteiger partial charge in [-0.1, -0.05) is 30.0 Å². The predicted octanol–water partition coefficient (Wildman–Crippen LogP) is 3.87. The van der Waals surface area contributed by atoms with Crippen molar-refractivity contribution in [3.05, 3.63) is 41.0 Å². The molecule has 0 bridgehead atoms. The fourth-order valence-electron chi connectivity index (χ4n) is 1.86. The summed E-state index contributed by atoms with van der Waals surface area (Å²) in [6.45, 7) is 0. The molecular weight excluding hydrogens is 218 g/mol. The van der Waals surface area contributed by atoms with Crippen molar-refractivity contribution in [3.63, 3.8) is 0 Å². The smallest absolute Gasteiger partial charge is 0.102 e. The molecule has 1 unspecified atom stereocenters. The van der Waals surface area contributed by atoms with E-state index in [1.54, 1.807) is 11.8 Å². The third kappa shape index (κ3) is 2.40. The lowest BCUT2D eigenvalue weighted by Crippen LogP contribution is -1.95. The molecule has 1 aromatic carbocycles. The van der Waals surface area contributed by atoms with Gasteiger partial charge in [-0.2, -0.15) is 5.26 Å². The van der Waals surface area contributed by atoms with Crippen molar-refractivity contribution in [3.8, 4) is 6.07 Å². The van der Waals surface area contributed by atoms with Crippen LogP contribution in [-0.2, 0) is 0 Å². The lowest BCUT2D eigenvalue weighted by atomic mass is 10.1. The van der Waals surface area contributed by atoms with Crippen molar-refractivity contribution in [1.82, 2.24) is 0 Å². The zero-order chi connectivity index (χ0) is 11.4. The van der Waals surface area contributed by atoms with E-state index >= 15 is 0 Å². The van der Waals surface area contributed by atoms with E-state index in [9.17, 15) is 5.11 Å². The summed E-state index contributed by atoms with van der Waals surface area (Å²) in [5, 5.41) is 18.5. The molecule has 16 heavy (non-hydrogen) atoms. The van der Waals surface area contributed by atoms with E-state index in [4.69, 9.17) is 5.26 Å². The number of aliphatic hydroxyl groups excluding tert-OH is 1. The van der Waals surface area contributed by atoms with E-state index in [-0.39, 0.29) is 5.92 Å². The number of aliphatic hydroxyl groups is 1. The first kappa shape index (κ1) is 11.1. The van der Waals surface area contributed by atoms with E-state index in [0.717, 1.165) is 16.2 Å². The molecule has 1 aliphatic rings. The number of hydrogen-bond donors (Lipinski definition) is 1. The van der Waals surface area contributed by atoms with Crippen molar-refractivity contribution in [2.24, 2.45) is 5.92 Å². The third-order valence-corrected chi connectivity index (χ3v) is 3.99. The molecule has 0 saturated heterocycles. The highest BCUT2D eigenvalue weighted by Crippen LogP contribution is 2.42. The molecule has 3 heteroatoms. The molecule has 1 atom stereocenters. The highest BCUT2D eigenvalue weighted by Gasteiger charge is 2.25. The molecule has 0 aromatic heterocycles. The number of nitriles is 1. The van der Waals surface area contributed by atoms with E-state index in [2.05, 4.69) is 6.07 Å². The van der Waals surface area contributed by atoms with Crippen LogP contribution in [0.5, 0.6) is 0 Å². The summed E-state index contributed by atoms with van der Waals surface area (Å²) in [5.41, 5.74) is 0. The van der Waals surface area contributed by atoms with Gasteiger partial charge in [-0.25, -0.2) is 0 Å². The Balaban J connectivity index is 2.14. The number of thioether (sulfide) groups is 1. The Labute approximate surface area is 99.6 Å². The molecule has 2 nitrogen and oxygen atoms in total. The summed E-state index contributed by atoms with van der Waals surface area (Å²) in [5.74, 6) is 0.685. The number of allylic oxidation sites excluding steroid dienone is 2. The summed E-state index contributed by atoms with van der Waals surface area (Å²) in [7, 11) is 0. The monoisotopic (exact) mass is 231 g/mol. The Kier molecular flexibility index (Phi) is 3.53. The fourth-order valence-corrected chi connectivity index (χ4v) is 3.00. The van der Waals surface area contributed by atoms with Crippen LogP contribution in [-0.4, -0.2) is 5.11 Å². The zero-order valence-corrected chi connectivity index (χ0v) is 9.70. The summed E-state index contributed by atoms with van der Waals surface area (Å²) < 4.78 is 0. The first-order valence-corrected chi connectivity index (χ1v) is 6.14. The maximum Gasteiger partial charge on any atom is 0.102 e. The highest BCUT2D eigenvalue weighted by molar-refractivity contribution is 8.03. The van der Waals surface area contributed by atoms with Gasteiger partial charge in [0.1, 0.15) is 5.76 Å². The quantitative estimate of drug-likeness (QED) is 0.858. The molecule has 2 rings (SSSR count). The maximum absolute atomic E-state index is 9.80. The first-order valence-electron chi connectivity index (χ1n) is 5.33. The van der Waals surface area contributed by atoms with Crippen LogP contribution < -0.4 is 0 Å². The summed E-state index contributed by atoms with van der Waals surface area (Å²) in [4.78, 5) is 2.10. The Hall–Kier alpha value is -1.40.